The molecule has 0 radical (unpaired) electrons. The van der Waals surface area contributed by atoms with Crippen LogP contribution < -0.4 is 10.6 Å². The molecule has 6 nitrogen and oxygen atoms in total. The first-order valence-electron chi connectivity index (χ1n) is 7.70. The number of fused-ring (bicyclic) bond motifs is 1. The Morgan fingerprint density at radius 1 is 1.38 bits per heavy atom. The van der Waals surface area contributed by atoms with Gasteiger partial charge in [-0.1, -0.05) is 48.4 Å². The lowest BCUT2D eigenvalue weighted by atomic mass is 10.3. The van der Waals surface area contributed by atoms with Gasteiger partial charge in [0.2, 0.25) is 0 Å². The fourth-order valence-corrected chi connectivity index (χ4v) is 3.56. The first kappa shape index (κ1) is 16.7. The molecular weight excluding hydrogens is 348 g/mol. The lowest BCUT2D eigenvalue weighted by molar-refractivity contribution is 0.0772. The number of nitrogens with zero attached hydrogens (tertiary/aromatic N) is 2. The molecule has 0 aliphatic carbocycles. The topological polar surface area (TPSA) is 74.3 Å². The van der Waals surface area contributed by atoms with Crippen molar-refractivity contribution in [2.45, 2.75) is 26.3 Å². The number of amides is 3. The first-order valence-corrected chi connectivity index (χ1v) is 8.89. The van der Waals surface area contributed by atoms with Crippen LogP contribution in [0.25, 0.3) is 0 Å². The number of hydrogen-bond donors (Lipinski definition) is 2. The van der Waals surface area contributed by atoms with Gasteiger partial charge in [-0.2, -0.15) is 0 Å². The lowest BCUT2D eigenvalue weighted by Crippen LogP contribution is -2.25. The molecule has 1 aliphatic rings. The number of rotatable bonds is 5. The number of carbonyl (C=O) groups is 2. The zero-order valence-electron chi connectivity index (χ0n) is 13.1. The molecule has 24 heavy (non-hydrogen) atoms. The van der Waals surface area contributed by atoms with E-state index in [2.05, 4.69) is 22.5 Å². The maximum absolute atomic E-state index is 12.3. The Morgan fingerprint density at radius 2 is 2.17 bits per heavy atom. The summed E-state index contributed by atoms with van der Waals surface area (Å²) in [6.07, 6.45) is 2.02. The normalized spacial score (nSPS) is 13.1. The van der Waals surface area contributed by atoms with Crippen molar-refractivity contribution < 1.29 is 9.59 Å². The second-order valence-electron chi connectivity index (χ2n) is 5.43. The molecule has 8 heteroatoms. The van der Waals surface area contributed by atoms with Crippen molar-refractivity contribution in [2.24, 2.45) is 0 Å². The highest BCUT2D eigenvalue weighted by Gasteiger charge is 2.31. The van der Waals surface area contributed by atoms with E-state index in [4.69, 9.17) is 11.6 Å². The molecule has 2 N–H and O–H groups in total. The average Bonchev–Trinajstić information content (AvgIpc) is 3.06. The number of nitrogens with one attached hydrogen (secondary N) is 2. The molecule has 2 aromatic rings. The van der Waals surface area contributed by atoms with Gasteiger partial charge in [0.15, 0.2) is 5.13 Å². The van der Waals surface area contributed by atoms with Crippen LogP contribution in [0.4, 0.5) is 15.6 Å². The number of para-hydroxylation sites is 1. The van der Waals surface area contributed by atoms with E-state index >= 15 is 0 Å². The molecule has 0 atom stereocenters. The van der Waals surface area contributed by atoms with Crippen molar-refractivity contribution in [1.29, 1.82) is 0 Å². The van der Waals surface area contributed by atoms with E-state index in [0.29, 0.717) is 28.1 Å². The minimum atomic E-state index is -0.439. The standard InChI is InChI=1S/C16H17ClN4O2S/c1-2-3-8-21-9-12-13(14(21)22)19-16(24-12)20-15(23)18-11-7-5-4-6-10(11)17/h4-7H,2-3,8-9H2,1H3,(H2,18,19,20,23). The third kappa shape index (κ3) is 3.52. The van der Waals surface area contributed by atoms with Crippen LogP contribution in [-0.2, 0) is 6.54 Å². The zero-order valence-corrected chi connectivity index (χ0v) is 14.7. The van der Waals surface area contributed by atoms with Crippen LogP contribution in [-0.4, -0.2) is 28.4 Å². The zero-order chi connectivity index (χ0) is 17.1. The van der Waals surface area contributed by atoms with Gasteiger partial charge < -0.3 is 10.2 Å². The Labute approximate surface area is 148 Å². The van der Waals surface area contributed by atoms with Crippen LogP contribution in [0.2, 0.25) is 5.02 Å². The number of benzene rings is 1. The third-order valence-corrected chi connectivity index (χ3v) is 4.93. The number of halogens is 1. The second kappa shape index (κ2) is 7.19. The van der Waals surface area contributed by atoms with Gasteiger partial charge in [-0.25, -0.2) is 9.78 Å². The molecular formula is C16H17ClN4O2S. The summed E-state index contributed by atoms with van der Waals surface area (Å²) in [5, 5.41) is 6.18. The molecule has 126 valence electrons. The molecule has 0 saturated carbocycles. The second-order valence-corrected chi connectivity index (χ2v) is 6.92. The van der Waals surface area contributed by atoms with Crippen LogP contribution >= 0.6 is 22.9 Å². The maximum atomic E-state index is 12.3. The molecule has 0 unspecified atom stereocenters. The van der Waals surface area contributed by atoms with Crippen LogP contribution in [0.15, 0.2) is 24.3 Å². The highest BCUT2D eigenvalue weighted by Crippen LogP contribution is 2.31. The van der Waals surface area contributed by atoms with E-state index in [0.717, 1.165) is 24.3 Å². The predicted molar refractivity (Wildman–Crippen MR) is 95.9 cm³/mol. The summed E-state index contributed by atoms with van der Waals surface area (Å²) < 4.78 is 0. The summed E-state index contributed by atoms with van der Waals surface area (Å²) in [6.45, 7) is 3.40. The lowest BCUT2D eigenvalue weighted by Gasteiger charge is -2.14. The van der Waals surface area contributed by atoms with Gasteiger partial charge in [-0.15, -0.1) is 0 Å². The monoisotopic (exact) mass is 364 g/mol. The molecule has 1 aromatic heterocycles. The summed E-state index contributed by atoms with van der Waals surface area (Å²) in [4.78, 5) is 31.2. The van der Waals surface area contributed by atoms with E-state index in [9.17, 15) is 9.59 Å². The van der Waals surface area contributed by atoms with Crippen molar-refractivity contribution in [2.75, 3.05) is 17.2 Å². The molecule has 2 heterocycles. The number of carbonyl (C=O) groups excluding carboxylic acids is 2. The Hall–Kier alpha value is -2.12. The van der Waals surface area contributed by atoms with E-state index in [1.165, 1.54) is 11.3 Å². The quantitative estimate of drug-likeness (QED) is 0.835. The van der Waals surface area contributed by atoms with Crippen LogP contribution in [0.5, 0.6) is 0 Å². The predicted octanol–water partition coefficient (Wildman–Crippen LogP) is 4.20. The number of aromatic nitrogens is 1. The fourth-order valence-electron chi connectivity index (χ4n) is 2.42. The Balaban J connectivity index is 1.63. The van der Waals surface area contributed by atoms with E-state index < -0.39 is 6.03 Å². The van der Waals surface area contributed by atoms with Crippen molar-refractivity contribution in [3.05, 3.63) is 39.9 Å². The smallest absolute Gasteiger partial charge is 0.325 e. The van der Waals surface area contributed by atoms with E-state index in [1.807, 2.05) is 0 Å². The van der Waals surface area contributed by atoms with Crippen molar-refractivity contribution in [1.82, 2.24) is 9.88 Å². The number of urea groups is 1. The Morgan fingerprint density at radius 3 is 2.88 bits per heavy atom. The molecule has 0 bridgehead atoms. The van der Waals surface area contributed by atoms with Gasteiger partial charge in [0, 0.05) is 6.54 Å². The SMILES string of the molecule is CCCCN1Cc2sc(NC(=O)Nc3ccccc3Cl)nc2C1=O. The first-order chi connectivity index (χ1) is 11.6. The molecule has 3 rings (SSSR count). The summed E-state index contributed by atoms with van der Waals surface area (Å²) >= 11 is 7.33. The molecule has 1 aromatic carbocycles. The summed E-state index contributed by atoms with van der Waals surface area (Å²) in [5.41, 5.74) is 0.965. The Bertz CT molecular complexity index is 777. The minimum absolute atomic E-state index is 0.0609. The van der Waals surface area contributed by atoms with Crippen molar-refractivity contribution >= 4 is 45.7 Å². The highest BCUT2D eigenvalue weighted by molar-refractivity contribution is 7.16. The van der Waals surface area contributed by atoms with Gasteiger partial charge in [-0.3, -0.25) is 10.1 Å². The molecule has 3 amide bonds. The maximum Gasteiger partial charge on any atom is 0.325 e. The largest absolute Gasteiger partial charge is 0.332 e. The van der Waals surface area contributed by atoms with Gasteiger partial charge in [-0.05, 0) is 18.6 Å². The summed E-state index contributed by atoms with van der Waals surface area (Å²) in [5.74, 6) is -0.0609. The van der Waals surface area contributed by atoms with Crippen LogP contribution in [0, 0.1) is 0 Å². The summed E-state index contributed by atoms with van der Waals surface area (Å²) in [6, 6.07) is 6.53. The van der Waals surface area contributed by atoms with Gasteiger partial charge in [0.25, 0.3) is 5.91 Å². The highest BCUT2D eigenvalue weighted by atomic mass is 35.5. The van der Waals surface area contributed by atoms with Crippen LogP contribution in [0.3, 0.4) is 0 Å². The molecule has 0 fully saturated rings. The fraction of sp³-hybridized carbons (Fsp3) is 0.312. The molecule has 0 spiro atoms. The number of thiazole rings is 1. The van der Waals surface area contributed by atoms with Crippen molar-refractivity contribution in [3.63, 3.8) is 0 Å². The number of unbranched alkanes of at least 4 members (excludes halogenated alkanes) is 1. The van der Waals surface area contributed by atoms with Crippen LogP contribution in [0.1, 0.15) is 35.1 Å². The summed E-state index contributed by atoms with van der Waals surface area (Å²) in [7, 11) is 0. The van der Waals surface area contributed by atoms with Gasteiger partial charge in [0.1, 0.15) is 5.69 Å². The van der Waals surface area contributed by atoms with Gasteiger partial charge in [0.05, 0.1) is 22.1 Å². The molecule has 0 saturated heterocycles. The Kier molecular flexibility index (Phi) is 5.01. The number of anilines is 2. The molecule has 1 aliphatic heterocycles. The average molecular weight is 365 g/mol. The van der Waals surface area contributed by atoms with E-state index in [1.54, 1.807) is 29.2 Å². The van der Waals surface area contributed by atoms with Gasteiger partial charge >= 0.3 is 6.03 Å². The van der Waals surface area contributed by atoms with E-state index in [-0.39, 0.29) is 5.91 Å². The third-order valence-electron chi connectivity index (χ3n) is 3.65. The minimum Gasteiger partial charge on any atom is -0.332 e. The number of hydrogen-bond acceptors (Lipinski definition) is 4. The van der Waals surface area contributed by atoms with Crippen molar-refractivity contribution in [3.8, 4) is 0 Å².